The van der Waals surface area contributed by atoms with Gasteiger partial charge in [-0.2, -0.15) is 0 Å². The minimum Gasteiger partial charge on any atom is -0.497 e. The third-order valence-corrected chi connectivity index (χ3v) is 7.55. The number of H-pyrrole nitrogens is 1. The summed E-state index contributed by atoms with van der Waals surface area (Å²) in [7, 11) is 2.35. The zero-order valence-electron chi connectivity index (χ0n) is 20.5. The van der Waals surface area contributed by atoms with Crippen molar-refractivity contribution in [3.05, 3.63) is 84.2 Å². The van der Waals surface area contributed by atoms with Crippen LogP contribution in [0.2, 0.25) is 0 Å². The van der Waals surface area contributed by atoms with Crippen molar-refractivity contribution >= 4 is 38.6 Å². The van der Waals surface area contributed by atoms with Crippen molar-refractivity contribution in [3.8, 4) is 5.75 Å². The van der Waals surface area contributed by atoms with Crippen LogP contribution >= 0.6 is 10.0 Å². The average molecular weight is 491 g/mol. The molecular weight excluding hydrogens is 460 g/mol. The predicted molar refractivity (Wildman–Crippen MR) is 143 cm³/mol. The Morgan fingerprint density at radius 3 is 2.34 bits per heavy atom. The van der Waals surface area contributed by atoms with E-state index in [4.69, 9.17) is 4.74 Å². The van der Waals surface area contributed by atoms with Gasteiger partial charge in [0.1, 0.15) is 17.4 Å². The molecule has 0 aliphatic heterocycles. The summed E-state index contributed by atoms with van der Waals surface area (Å²) in [4.78, 5) is 37.0. The lowest BCUT2D eigenvalue weighted by Crippen LogP contribution is -2.38. The van der Waals surface area contributed by atoms with E-state index in [9.17, 15) is 9.59 Å². The monoisotopic (exact) mass is 490 g/mol. The van der Waals surface area contributed by atoms with Crippen LogP contribution < -0.4 is 10.1 Å². The maximum Gasteiger partial charge on any atom is 0.256 e. The van der Waals surface area contributed by atoms with Gasteiger partial charge in [0.15, 0.2) is 0 Å². The number of hydrogen-bond donors (Lipinski definition) is 2. The van der Waals surface area contributed by atoms with E-state index in [1.54, 1.807) is 50.7 Å². The molecular formula is C27H30N4O3S. The fourth-order valence-electron chi connectivity index (χ4n) is 3.87. The number of rotatable bonds is 7. The van der Waals surface area contributed by atoms with Crippen molar-refractivity contribution in [1.82, 2.24) is 14.9 Å². The van der Waals surface area contributed by atoms with Crippen LogP contribution in [0.3, 0.4) is 0 Å². The van der Waals surface area contributed by atoms with Crippen molar-refractivity contribution in [2.45, 2.75) is 10.9 Å². The Balaban J connectivity index is 1.64. The number of carbonyl (C=O) groups excluding carboxylic acids is 2. The normalized spacial score (nSPS) is 12.7. The van der Waals surface area contributed by atoms with Crippen LogP contribution in [0.15, 0.2) is 78.0 Å². The first-order chi connectivity index (χ1) is 16.7. The Kier molecular flexibility index (Phi) is 6.84. The molecule has 2 amide bonds. The van der Waals surface area contributed by atoms with Gasteiger partial charge in [0.05, 0.1) is 12.7 Å². The molecule has 0 aliphatic carbocycles. The van der Waals surface area contributed by atoms with Crippen molar-refractivity contribution in [2.24, 2.45) is 0 Å². The molecule has 4 aromatic rings. The van der Waals surface area contributed by atoms with Gasteiger partial charge in [0, 0.05) is 30.5 Å². The largest absolute Gasteiger partial charge is 0.497 e. The van der Waals surface area contributed by atoms with Gasteiger partial charge in [0.25, 0.3) is 11.8 Å². The van der Waals surface area contributed by atoms with E-state index >= 15 is 0 Å². The summed E-state index contributed by atoms with van der Waals surface area (Å²) in [6.45, 7) is 0. The third kappa shape index (κ3) is 5.33. The highest BCUT2D eigenvalue weighted by Gasteiger charge is 2.30. The Morgan fingerprint density at radius 1 is 1.03 bits per heavy atom. The first-order valence-corrected chi connectivity index (χ1v) is 14.0. The standard InChI is InChI=1S/C27H30N4O3S/c1-31(27(33)20-16-19-14-15-28-25(19)29-17-20)24(18-6-10-22(34-2)11-7-18)26(32)30-21-8-12-23(13-9-21)35(3,4)5/h6-17,24H,1-5H3,(H,28,29)(H,30,32). The average Bonchev–Trinajstić information content (AvgIpc) is 3.32. The molecule has 0 saturated heterocycles. The smallest absolute Gasteiger partial charge is 0.256 e. The Hall–Kier alpha value is -3.78. The number of likely N-dealkylation sites (N-methyl/N-ethyl adjacent to an activating group) is 1. The van der Waals surface area contributed by atoms with Gasteiger partial charge in [0.2, 0.25) is 0 Å². The lowest BCUT2D eigenvalue weighted by atomic mass is 10.0. The quantitative estimate of drug-likeness (QED) is 0.378. The number of anilines is 1. The van der Waals surface area contributed by atoms with Gasteiger partial charge < -0.3 is 19.9 Å². The highest BCUT2D eigenvalue weighted by molar-refractivity contribution is 8.32. The molecule has 35 heavy (non-hydrogen) atoms. The number of ether oxygens (including phenoxy) is 1. The topological polar surface area (TPSA) is 87.3 Å². The van der Waals surface area contributed by atoms with Crippen LogP contribution in [-0.4, -0.2) is 59.6 Å². The van der Waals surface area contributed by atoms with E-state index in [-0.39, 0.29) is 11.8 Å². The molecule has 0 bridgehead atoms. The lowest BCUT2D eigenvalue weighted by molar-refractivity contribution is -0.120. The summed E-state index contributed by atoms with van der Waals surface area (Å²) in [6, 6.07) is 17.8. The molecule has 8 heteroatoms. The fraction of sp³-hybridized carbons (Fsp3) is 0.222. The number of amides is 2. The number of nitrogens with one attached hydrogen (secondary N) is 2. The molecule has 0 saturated carbocycles. The first-order valence-electron chi connectivity index (χ1n) is 11.1. The molecule has 2 heterocycles. The highest BCUT2D eigenvalue weighted by atomic mass is 32.3. The summed E-state index contributed by atoms with van der Waals surface area (Å²) >= 11 is 0. The number of aromatic amines is 1. The van der Waals surface area contributed by atoms with Gasteiger partial charge in [-0.1, -0.05) is 12.1 Å². The number of nitrogens with zero attached hydrogens (tertiary/aromatic N) is 2. The van der Waals surface area contributed by atoms with Crippen LogP contribution in [0.1, 0.15) is 22.0 Å². The second-order valence-electron chi connectivity index (χ2n) is 9.08. The first kappa shape index (κ1) is 24.3. The van der Waals surface area contributed by atoms with E-state index in [2.05, 4.69) is 34.1 Å². The number of hydrogen-bond acceptors (Lipinski definition) is 4. The third-order valence-electron chi connectivity index (χ3n) is 5.86. The maximum absolute atomic E-state index is 13.5. The molecule has 2 aromatic carbocycles. The van der Waals surface area contributed by atoms with Crippen LogP contribution in [0.25, 0.3) is 11.0 Å². The summed E-state index contributed by atoms with van der Waals surface area (Å²) in [6.07, 6.45) is 9.96. The van der Waals surface area contributed by atoms with E-state index in [1.807, 2.05) is 30.3 Å². The Labute approximate surface area is 206 Å². The predicted octanol–water partition coefficient (Wildman–Crippen LogP) is 5.08. The minimum absolute atomic E-state index is 0.303. The van der Waals surface area contributed by atoms with E-state index in [1.165, 1.54) is 16.0 Å². The molecule has 182 valence electrons. The van der Waals surface area contributed by atoms with Gasteiger partial charge >= 0.3 is 0 Å². The molecule has 0 fully saturated rings. The van der Waals surface area contributed by atoms with Crippen molar-refractivity contribution in [2.75, 3.05) is 38.2 Å². The van der Waals surface area contributed by atoms with Crippen molar-refractivity contribution < 1.29 is 14.3 Å². The summed E-state index contributed by atoms with van der Waals surface area (Å²) < 4.78 is 5.26. The van der Waals surface area contributed by atoms with Crippen LogP contribution in [0.5, 0.6) is 5.75 Å². The Morgan fingerprint density at radius 2 is 1.71 bits per heavy atom. The van der Waals surface area contributed by atoms with Gasteiger partial charge in [-0.3, -0.25) is 9.59 Å². The van der Waals surface area contributed by atoms with Crippen LogP contribution in [0.4, 0.5) is 5.69 Å². The van der Waals surface area contributed by atoms with Crippen LogP contribution in [0, 0.1) is 0 Å². The van der Waals surface area contributed by atoms with Gasteiger partial charge in [-0.05, 0) is 77.8 Å². The molecule has 0 aliphatic rings. The number of pyridine rings is 1. The Bertz CT molecular complexity index is 1340. The maximum atomic E-state index is 13.5. The summed E-state index contributed by atoms with van der Waals surface area (Å²) in [5.74, 6) is 0.0602. The number of aromatic nitrogens is 2. The minimum atomic E-state index is -0.866. The molecule has 1 unspecified atom stereocenters. The SMILES string of the molecule is COc1ccc(C(C(=O)Nc2ccc(S(C)(C)C)cc2)N(C)C(=O)c2cnc3[nH]ccc3c2)cc1. The lowest BCUT2D eigenvalue weighted by Gasteiger charge is -2.28. The zero-order chi connectivity index (χ0) is 25.2. The molecule has 1 atom stereocenters. The molecule has 0 radical (unpaired) electrons. The van der Waals surface area contributed by atoms with Crippen LogP contribution in [-0.2, 0) is 4.79 Å². The molecule has 7 nitrogen and oxygen atoms in total. The zero-order valence-corrected chi connectivity index (χ0v) is 21.3. The summed E-state index contributed by atoms with van der Waals surface area (Å²) in [5.41, 5.74) is 2.46. The van der Waals surface area contributed by atoms with Gasteiger partial charge in [-0.25, -0.2) is 15.0 Å². The highest BCUT2D eigenvalue weighted by Crippen LogP contribution is 2.45. The number of carbonyl (C=O) groups is 2. The van der Waals surface area contributed by atoms with E-state index in [0.717, 1.165) is 5.39 Å². The summed E-state index contributed by atoms with van der Waals surface area (Å²) in [5, 5.41) is 3.81. The molecule has 0 spiro atoms. The number of benzene rings is 2. The van der Waals surface area contributed by atoms with E-state index in [0.29, 0.717) is 28.2 Å². The number of methoxy groups -OCH3 is 1. The number of fused-ring (bicyclic) bond motifs is 1. The van der Waals surface area contributed by atoms with Crippen molar-refractivity contribution in [3.63, 3.8) is 0 Å². The second-order valence-corrected chi connectivity index (χ2v) is 13.2. The van der Waals surface area contributed by atoms with Gasteiger partial charge in [-0.15, -0.1) is 0 Å². The fourth-order valence-corrected chi connectivity index (χ4v) is 4.82. The molecule has 2 N–H and O–H groups in total. The molecule has 4 rings (SSSR count). The van der Waals surface area contributed by atoms with Crippen molar-refractivity contribution in [1.29, 1.82) is 0 Å². The second kappa shape index (κ2) is 9.84. The molecule has 2 aromatic heterocycles. The van der Waals surface area contributed by atoms with E-state index < -0.39 is 16.1 Å².